The number of likely N-dealkylation sites (N-methyl/N-ethyl adjacent to an activating group) is 1. The fraction of sp³-hybridized carbons (Fsp3) is 0.450. The summed E-state index contributed by atoms with van der Waals surface area (Å²) in [7, 11) is 0. The first-order valence-corrected chi connectivity index (χ1v) is 8.95. The Hall–Kier alpha value is -2.27. The Bertz CT molecular complexity index is 741. The van der Waals surface area contributed by atoms with E-state index in [-0.39, 0.29) is 5.91 Å². The zero-order valence-corrected chi connectivity index (χ0v) is 15.6. The minimum Gasteiger partial charge on any atom is -0.466 e. The highest BCUT2D eigenvalue weighted by atomic mass is 16.3. The molecule has 0 aliphatic carbocycles. The van der Waals surface area contributed by atoms with Gasteiger partial charge in [0, 0.05) is 43.1 Å². The number of nitrogens with zero attached hydrogens (tertiary/aromatic N) is 2. The van der Waals surface area contributed by atoms with Gasteiger partial charge in [-0.05, 0) is 51.6 Å². The summed E-state index contributed by atoms with van der Waals surface area (Å²) in [5.41, 5.74) is 3.55. The molecule has 5 nitrogen and oxygen atoms in total. The highest BCUT2D eigenvalue weighted by molar-refractivity contribution is 6.06. The summed E-state index contributed by atoms with van der Waals surface area (Å²) < 4.78 is 5.55. The van der Waals surface area contributed by atoms with E-state index in [0.717, 1.165) is 49.7 Å². The third kappa shape index (κ3) is 3.71. The fourth-order valence-corrected chi connectivity index (χ4v) is 3.40. The first-order chi connectivity index (χ1) is 12.0. The molecule has 1 aromatic carbocycles. The standard InChI is InChI=1S/C20H27N3O2/c1-5-22-10-12-23(13-11-22)18-8-6-17(7-9-18)21-20(24)19-14(2)15(3)25-16(19)4/h6-9H,5,10-13H2,1-4H3,(H,21,24). The summed E-state index contributed by atoms with van der Waals surface area (Å²) in [6.07, 6.45) is 0. The van der Waals surface area contributed by atoms with Crippen LogP contribution in [0.3, 0.4) is 0 Å². The number of carbonyl (C=O) groups is 1. The molecule has 1 saturated heterocycles. The Morgan fingerprint density at radius 3 is 2.20 bits per heavy atom. The third-order valence-corrected chi connectivity index (χ3v) is 5.10. The van der Waals surface area contributed by atoms with Crippen LogP contribution in [0.4, 0.5) is 11.4 Å². The van der Waals surface area contributed by atoms with Gasteiger partial charge in [-0.1, -0.05) is 6.92 Å². The van der Waals surface area contributed by atoms with E-state index in [0.29, 0.717) is 11.3 Å². The highest BCUT2D eigenvalue weighted by Gasteiger charge is 2.19. The molecule has 0 saturated carbocycles. The molecule has 1 amide bonds. The number of furan rings is 1. The third-order valence-electron chi connectivity index (χ3n) is 5.10. The summed E-state index contributed by atoms with van der Waals surface area (Å²) in [6.45, 7) is 13.3. The Morgan fingerprint density at radius 2 is 1.68 bits per heavy atom. The van der Waals surface area contributed by atoms with Crippen molar-refractivity contribution < 1.29 is 9.21 Å². The molecule has 1 aromatic heterocycles. The number of benzene rings is 1. The van der Waals surface area contributed by atoms with Crippen LogP contribution >= 0.6 is 0 Å². The topological polar surface area (TPSA) is 48.7 Å². The zero-order valence-electron chi connectivity index (χ0n) is 15.6. The quantitative estimate of drug-likeness (QED) is 0.923. The van der Waals surface area contributed by atoms with Gasteiger partial charge in [0.15, 0.2) is 0 Å². The van der Waals surface area contributed by atoms with Crippen molar-refractivity contribution >= 4 is 17.3 Å². The molecule has 0 bridgehead atoms. The summed E-state index contributed by atoms with van der Waals surface area (Å²) in [5.74, 6) is 1.35. The van der Waals surface area contributed by atoms with Gasteiger partial charge in [0.25, 0.3) is 5.91 Å². The Kier molecular flexibility index (Phi) is 5.13. The molecule has 25 heavy (non-hydrogen) atoms. The van der Waals surface area contributed by atoms with Gasteiger partial charge in [-0.3, -0.25) is 4.79 Å². The lowest BCUT2D eigenvalue weighted by Crippen LogP contribution is -2.46. The van der Waals surface area contributed by atoms with Crippen LogP contribution in [0.25, 0.3) is 0 Å². The minimum absolute atomic E-state index is 0.115. The highest BCUT2D eigenvalue weighted by Crippen LogP contribution is 2.23. The summed E-state index contributed by atoms with van der Waals surface area (Å²) >= 11 is 0. The van der Waals surface area contributed by atoms with Crippen LogP contribution in [0.1, 0.15) is 34.4 Å². The normalized spacial score (nSPS) is 15.4. The molecule has 2 aromatic rings. The zero-order chi connectivity index (χ0) is 18.0. The van der Waals surface area contributed by atoms with E-state index >= 15 is 0 Å². The predicted octanol–water partition coefficient (Wildman–Crippen LogP) is 3.60. The van der Waals surface area contributed by atoms with E-state index in [2.05, 4.69) is 34.2 Å². The number of hydrogen-bond donors (Lipinski definition) is 1. The molecule has 134 valence electrons. The van der Waals surface area contributed by atoms with Crippen LogP contribution in [0.15, 0.2) is 28.7 Å². The Labute approximate surface area is 149 Å². The lowest BCUT2D eigenvalue weighted by molar-refractivity contribution is 0.102. The summed E-state index contributed by atoms with van der Waals surface area (Å²) in [4.78, 5) is 17.4. The van der Waals surface area contributed by atoms with Gasteiger partial charge in [-0.25, -0.2) is 0 Å². The van der Waals surface area contributed by atoms with Gasteiger partial charge in [0.2, 0.25) is 0 Å². The van der Waals surface area contributed by atoms with Gasteiger partial charge in [-0.2, -0.15) is 0 Å². The molecule has 0 atom stereocenters. The van der Waals surface area contributed by atoms with Crippen LogP contribution in [0, 0.1) is 20.8 Å². The van der Waals surface area contributed by atoms with Crippen molar-refractivity contribution in [1.29, 1.82) is 0 Å². The van der Waals surface area contributed by atoms with Gasteiger partial charge in [-0.15, -0.1) is 0 Å². The van der Waals surface area contributed by atoms with Crippen LogP contribution in [-0.4, -0.2) is 43.5 Å². The van der Waals surface area contributed by atoms with Crippen molar-refractivity contribution in [2.24, 2.45) is 0 Å². The average Bonchev–Trinajstić information content (AvgIpc) is 2.88. The van der Waals surface area contributed by atoms with Crippen molar-refractivity contribution in [1.82, 2.24) is 4.90 Å². The molecular weight excluding hydrogens is 314 g/mol. The molecule has 1 aliphatic rings. The molecule has 2 heterocycles. The second kappa shape index (κ2) is 7.31. The molecule has 0 spiro atoms. The summed E-state index contributed by atoms with van der Waals surface area (Å²) in [5, 5.41) is 2.97. The van der Waals surface area contributed by atoms with Crippen LogP contribution in [0.5, 0.6) is 0 Å². The Balaban J connectivity index is 1.66. The van der Waals surface area contributed by atoms with Crippen molar-refractivity contribution in [3.63, 3.8) is 0 Å². The second-order valence-electron chi connectivity index (χ2n) is 6.64. The molecule has 0 radical (unpaired) electrons. The van der Waals surface area contributed by atoms with E-state index in [1.165, 1.54) is 5.69 Å². The number of aryl methyl sites for hydroxylation is 2. The number of hydrogen-bond acceptors (Lipinski definition) is 4. The van der Waals surface area contributed by atoms with E-state index in [1.807, 2.05) is 32.9 Å². The smallest absolute Gasteiger partial charge is 0.259 e. The molecule has 5 heteroatoms. The molecule has 1 aliphatic heterocycles. The second-order valence-corrected chi connectivity index (χ2v) is 6.64. The number of anilines is 2. The van der Waals surface area contributed by atoms with Crippen LogP contribution in [0.2, 0.25) is 0 Å². The maximum atomic E-state index is 12.5. The van der Waals surface area contributed by atoms with E-state index < -0.39 is 0 Å². The van der Waals surface area contributed by atoms with Gasteiger partial charge < -0.3 is 19.5 Å². The first-order valence-electron chi connectivity index (χ1n) is 8.95. The first kappa shape index (κ1) is 17.5. The molecular formula is C20H27N3O2. The van der Waals surface area contributed by atoms with Crippen molar-refractivity contribution in [3.05, 3.63) is 46.9 Å². The lowest BCUT2D eigenvalue weighted by Gasteiger charge is -2.35. The molecule has 1 N–H and O–H groups in total. The average molecular weight is 341 g/mol. The van der Waals surface area contributed by atoms with Crippen molar-refractivity contribution in [3.8, 4) is 0 Å². The maximum absolute atomic E-state index is 12.5. The number of nitrogens with one attached hydrogen (secondary N) is 1. The van der Waals surface area contributed by atoms with Crippen molar-refractivity contribution in [2.75, 3.05) is 42.9 Å². The van der Waals surface area contributed by atoms with E-state index in [1.54, 1.807) is 0 Å². The van der Waals surface area contributed by atoms with Gasteiger partial charge in [0.05, 0.1) is 5.56 Å². The van der Waals surface area contributed by atoms with Gasteiger partial charge >= 0.3 is 0 Å². The number of piperazine rings is 1. The SMILES string of the molecule is CCN1CCN(c2ccc(NC(=O)c3c(C)oc(C)c3C)cc2)CC1. The van der Waals surface area contributed by atoms with E-state index in [9.17, 15) is 4.79 Å². The lowest BCUT2D eigenvalue weighted by atomic mass is 10.1. The van der Waals surface area contributed by atoms with Gasteiger partial charge in [0.1, 0.15) is 11.5 Å². The number of amides is 1. The molecule has 1 fully saturated rings. The summed E-state index contributed by atoms with van der Waals surface area (Å²) in [6, 6.07) is 8.10. The number of rotatable bonds is 4. The predicted molar refractivity (Wildman–Crippen MR) is 102 cm³/mol. The van der Waals surface area contributed by atoms with E-state index in [4.69, 9.17) is 4.42 Å². The Morgan fingerprint density at radius 1 is 1.04 bits per heavy atom. The van der Waals surface area contributed by atoms with Crippen molar-refractivity contribution in [2.45, 2.75) is 27.7 Å². The molecule has 0 unspecified atom stereocenters. The fourth-order valence-electron chi connectivity index (χ4n) is 3.40. The largest absolute Gasteiger partial charge is 0.466 e. The monoisotopic (exact) mass is 341 g/mol. The van der Waals surface area contributed by atoms with Crippen LogP contribution < -0.4 is 10.2 Å². The maximum Gasteiger partial charge on any atom is 0.259 e. The minimum atomic E-state index is -0.115. The molecule has 3 rings (SSSR count). The number of carbonyl (C=O) groups excluding carboxylic acids is 1. The van der Waals surface area contributed by atoms with Crippen LogP contribution in [-0.2, 0) is 0 Å².